The van der Waals surface area contributed by atoms with Crippen LogP contribution in [0.1, 0.15) is 0 Å². The van der Waals surface area contributed by atoms with Crippen LogP contribution >= 0.6 is 23.2 Å². The smallest absolute Gasteiger partial charge is 0.132 e. The zero-order valence-corrected chi connectivity index (χ0v) is 9.76. The molecule has 0 aliphatic carbocycles. The summed E-state index contributed by atoms with van der Waals surface area (Å²) in [6.45, 7) is 0. The van der Waals surface area contributed by atoms with E-state index in [1.165, 1.54) is 0 Å². The van der Waals surface area contributed by atoms with E-state index in [2.05, 4.69) is 10.3 Å². The number of hydrogen-bond acceptors (Lipinski definition) is 3. The summed E-state index contributed by atoms with van der Waals surface area (Å²) in [6, 6.07) is 8.78. The number of nitrogen functional groups attached to an aromatic ring is 1. The quantitative estimate of drug-likeness (QED) is 0.858. The maximum absolute atomic E-state index is 6.03. The average Bonchev–Trinajstić information content (AvgIpc) is 2.25. The van der Waals surface area contributed by atoms with Crippen LogP contribution in [0.5, 0.6) is 0 Å². The molecule has 0 spiro atoms. The summed E-state index contributed by atoms with van der Waals surface area (Å²) in [5.74, 6) is 0.629. The standard InChI is InChI=1S/C11H9Cl2N3/c12-8-2-1-3-9(11(8)13)16-10-6-7(14)4-5-15-10/h1-6H,(H3,14,15,16). The SMILES string of the molecule is Nc1ccnc(Nc2cccc(Cl)c2Cl)c1. The predicted molar refractivity (Wildman–Crippen MR) is 68.4 cm³/mol. The molecule has 0 aliphatic rings. The van der Waals surface area contributed by atoms with E-state index in [9.17, 15) is 0 Å². The Bertz CT molecular complexity index is 514. The van der Waals surface area contributed by atoms with Crippen molar-refractivity contribution in [2.75, 3.05) is 11.1 Å². The molecule has 2 rings (SSSR count). The van der Waals surface area contributed by atoms with Crippen LogP contribution in [0.15, 0.2) is 36.5 Å². The molecule has 1 aromatic heterocycles. The lowest BCUT2D eigenvalue weighted by molar-refractivity contribution is 1.31. The monoisotopic (exact) mass is 253 g/mol. The number of nitrogens with zero attached hydrogens (tertiary/aromatic N) is 1. The summed E-state index contributed by atoms with van der Waals surface area (Å²) in [5.41, 5.74) is 6.98. The summed E-state index contributed by atoms with van der Waals surface area (Å²) < 4.78 is 0. The molecule has 0 unspecified atom stereocenters. The van der Waals surface area contributed by atoms with Crippen molar-refractivity contribution in [3.8, 4) is 0 Å². The first-order valence-electron chi connectivity index (χ1n) is 4.59. The van der Waals surface area contributed by atoms with E-state index < -0.39 is 0 Å². The lowest BCUT2D eigenvalue weighted by atomic mass is 10.3. The molecule has 0 aliphatic heterocycles. The van der Waals surface area contributed by atoms with Crippen molar-refractivity contribution < 1.29 is 0 Å². The first-order chi connectivity index (χ1) is 7.66. The molecule has 3 N–H and O–H groups in total. The number of nitrogens with one attached hydrogen (secondary N) is 1. The summed E-state index contributed by atoms with van der Waals surface area (Å²) in [4.78, 5) is 4.11. The van der Waals surface area contributed by atoms with Gasteiger partial charge in [0.2, 0.25) is 0 Å². The van der Waals surface area contributed by atoms with Gasteiger partial charge < -0.3 is 11.1 Å². The van der Waals surface area contributed by atoms with Gasteiger partial charge in [-0.25, -0.2) is 4.98 Å². The van der Waals surface area contributed by atoms with Crippen LogP contribution in [0.2, 0.25) is 10.0 Å². The number of anilines is 3. The lowest BCUT2D eigenvalue weighted by Gasteiger charge is -2.08. The second kappa shape index (κ2) is 4.60. The van der Waals surface area contributed by atoms with Gasteiger partial charge in [-0.2, -0.15) is 0 Å². The van der Waals surface area contributed by atoms with Gasteiger partial charge in [-0.15, -0.1) is 0 Å². The Labute approximate surface area is 103 Å². The summed E-state index contributed by atoms with van der Waals surface area (Å²) in [7, 11) is 0. The highest BCUT2D eigenvalue weighted by molar-refractivity contribution is 6.43. The fourth-order valence-corrected chi connectivity index (χ4v) is 1.60. The van der Waals surface area contributed by atoms with Crippen molar-refractivity contribution in [2.24, 2.45) is 0 Å². The number of aromatic nitrogens is 1. The molecular weight excluding hydrogens is 245 g/mol. The second-order valence-electron chi connectivity index (χ2n) is 3.20. The molecule has 0 radical (unpaired) electrons. The third-order valence-electron chi connectivity index (χ3n) is 2.00. The van der Waals surface area contributed by atoms with Gasteiger partial charge >= 0.3 is 0 Å². The number of nitrogens with two attached hydrogens (primary N) is 1. The van der Waals surface area contributed by atoms with Gasteiger partial charge in [0.25, 0.3) is 0 Å². The predicted octanol–water partition coefficient (Wildman–Crippen LogP) is 3.71. The van der Waals surface area contributed by atoms with Gasteiger partial charge in [0, 0.05) is 18.0 Å². The van der Waals surface area contributed by atoms with Gasteiger partial charge in [0.1, 0.15) is 5.82 Å². The maximum Gasteiger partial charge on any atom is 0.132 e. The number of rotatable bonds is 2. The Morgan fingerprint density at radius 1 is 1.19 bits per heavy atom. The van der Waals surface area contributed by atoms with Gasteiger partial charge in [-0.3, -0.25) is 0 Å². The average molecular weight is 254 g/mol. The Morgan fingerprint density at radius 3 is 2.75 bits per heavy atom. The molecule has 3 nitrogen and oxygen atoms in total. The minimum Gasteiger partial charge on any atom is -0.399 e. The minimum absolute atomic E-state index is 0.466. The summed E-state index contributed by atoms with van der Waals surface area (Å²) >= 11 is 11.9. The van der Waals surface area contributed by atoms with E-state index in [0.29, 0.717) is 27.2 Å². The van der Waals surface area contributed by atoms with Crippen LogP contribution in [-0.4, -0.2) is 4.98 Å². The maximum atomic E-state index is 6.03. The van der Waals surface area contributed by atoms with Crippen molar-refractivity contribution >= 4 is 40.4 Å². The Hall–Kier alpha value is -1.45. The normalized spacial score (nSPS) is 10.1. The third kappa shape index (κ3) is 2.38. The van der Waals surface area contributed by atoms with Crippen molar-refractivity contribution in [1.82, 2.24) is 4.98 Å². The second-order valence-corrected chi connectivity index (χ2v) is 3.99. The van der Waals surface area contributed by atoms with Gasteiger partial charge in [-0.05, 0) is 18.2 Å². The topological polar surface area (TPSA) is 50.9 Å². The first kappa shape index (κ1) is 11.0. The number of halogens is 2. The zero-order chi connectivity index (χ0) is 11.5. The van der Waals surface area contributed by atoms with E-state index in [-0.39, 0.29) is 0 Å². The van der Waals surface area contributed by atoms with Crippen LogP contribution in [0.4, 0.5) is 17.2 Å². The first-order valence-corrected chi connectivity index (χ1v) is 5.35. The van der Waals surface area contributed by atoms with Crippen molar-refractivity contribution in [3.63, 3.8) is 0 Å². The van der Waals surface area contributed by atoms with Crippen LogP contribution in [-0.2, 0) is 0 Å². The van der Waals surface area contributed by atoms with Gasteiger partial charge in [-0.1, -0.05) is 29.3 Å². The molecule has 0 amide bonds. The molecule has 1 heterocycles. The molecule has 1 aromatic carbocycles. The molecule has 16 heavy (non-hydrogen) atoms. The Kier molecular flexibility index (Phi) is 3.17. The highest BCUT2D eigenvalue weighted by atomic mass is 35.5. The van der Waals surface area contributed by atoms with Gasteiger partial charge in [0.05, 0.1) is 15.7 Å². The number of hydrogen-bond donors (Lipinski definition) is 2. The lowest BCUT2D eigenvalue weighted by Crippen LogP contribution is -1.95. The van der Waals surface area contributed by atoms with E-state index in [1.807, 2.05) is 12.1 Å². The largest absolute Gasteiger partial charge is 0.399 e. The van der Waals surface area contributed by atoms with Crippen LogP contribution in [0.3, 0.4) is 0 Å². The molecule has 0 saturated heterocycles. The van der Waals surface area contributed by atoms with Gasteiger partial charge in [0.15, 0.2) is 0 Å². The third-order valence-corrected chi connectivity index (χ3v) is 2.82. The molecule has 5 heteroatoms. The van der Waals surface area contributed by atoms with E-state index >= 15 is 0 Å². The number of pyridine rings is 1. The summed E-state index contributed by atoms with van der Waals surface area (Å²) in [5, 5.41) is 4.01. The van der Waals surface area contributed by atoms with Crippen molar-refractivity contribution in [1.29, 1.82) is 0 Å². The van der Waals surface area contributed by atoms with Crippen LogP contribution in [0, 0.1) is 0 Å². The van der Waals surface area contributed by atoms with E-state index in [0.717, 1.165) is 0 Å². The minimum atomic E-state index is 0.466. The molecule has 0 atom stereocenters. The highest BCUT2D eigenvalue weighted by Crippen LogP contribution is 2.31. The van der Waals surface area contributed by atoms with Crippen molar-refractivity contribution in [3.05, 3.63) is 46.6 Å². The molecule has 2 aromatic rings. The Balaban J connectivity index is 2.31. The fourth-order valence-electron chi connectivity index (χ4n) is 1.25. The zero-order valence-electron chi connectivity index (χ0n) is 8.24. The summed E-state index contributed by atoms with van der Waals surface area (Å²) in [6.07, 6.45) is 1.62. The molecule has 0 fully saturated rings. The van der Waals surface area contributed by atoms with Crippen LogP contribution in [0.25, 0.3) is 0 Å². The van der Waals surface area contributed by atoms with Crippen molar-refractivity contribution in [2.45, 2.75) is 0 Å². The highest BCUT2D eigenvalue weighted by Gasteiger charge is 2.04. The van der Waals surface area contributed by atoms with E-state index in [1.54, 1.807) is 24.4 Å². The fraction of sp³-hybridized carbons (Fsp3) is 0. The van der Waals surface area contributed by atoms with Crippen LogP contribution < -0.4 is 11.1 Å². The number of benzene rings is 1. The Morgan fingerprint density at radius 2 is 2.00 bits per heavy atom. The molecule has 0 bridgehead atoms. The van der Waals surface area contributed by atoms with E-state index in [4.69, 9.17) is 28.9 Å². The molecule has 82 valence electrons. The molecular formula is C11H9Cl2N3. The molecule has 0 saturated carbocycles.